The van der Waals surface area contributed by atoms with Crippen molar-refractivity contribution in [3.8, 4) is 0 Å². The largest absolute Gasteiger partial charge is 0.317 e. The highest BCUT2D eigenvalue weighted by molar-refractivity contribution is 4.84. The number of nitrogens with one attached hydrogen (secondary N) is 1. The minimum atomic E-state index is -3.85. The lowest BCUT2D eigenvalue weighted by Crippen LogP contribution is -2.42. The zero-order chi connectivity index (χ0) is 10.8. The summed E-state index contributed by atoms with van der Waals surface area (Å²) in [6.45, 7) is 2.52. The first-order valence-electron chi connectivity index (χ1n) is 4.83. The maximum atomic E-state index is 13.0. The predicted molar refractivity (Wildman–Crippen MR) is 45.7 cm³/mol. The Labute approximate surface area is 80.9 Å². The molecule has 0 aromatic rings. The number of halogens is 4. The van der Waals surface area contributed by atoms with Crippen molar-refractivity contribution in [3.63, 3.8) is 0 Å². The highest BCUT2D eigenvalue weighted by Crippen LogP contribution is 2.38. The van der Waals surface area contributed by atoms with Crippen LogP contribution >= 0.6 is 0 Å². The Morgan fingerprint density at radius 2 is 1.71 bits per heavy atom. The van der Waals surface area contributed by atoms with Crippen LogP contribution in [-0.2, 0) is 0 Å². The molecule has 0 aromatic heterocycles. The standard InChI is InChI=1S/C9H15F4N/c1-6(9(12,13)8(10)11)7-2-4-14-5-3-7/h6-8,14H,2-5H2,1H3. The summed E-state index contributed by atoms with van der Waals surface area (Å²) >= 11 is 0. The molecular formula is C9H15F4N. The summed E-state index contributed by atoms with van der Waals surface area (Å²) in [7, 11) is 0. The molecule has 1 fully saturated rings. The Kier molecular flexibility index (Phi) is 3.75. The van der Waals surface area contributed by atoms with Gasteiger partial charge >= 0.3 is 12.3 Å². The lowest BCUT2D eigenvalue weighted by Gasteiger charge is -2.32. The van der Waals surface area contributed by atoms with Gasteiger partial charge in [0.05, 0.1) is 0 Å². The maximum Gasteiger partial charge on any atom is 0.310 e. The van der Waals surface area contributed by atoms with Crippen LogP contribution in [0.15, 0.2) is 0 Å². The van der Waals surface area contributed by atoms with E-state index >= 15 is 0 Å². The fraction of sp³-hybridized carbons (Fsp3) is 1.00. The minimum Gasteiger partial charge on any atom is -0.317 e. The van der Waals surface area contributed by atoms with Crippen LogP contribution in [0.5, 0.6) is 0 Å². The Bertz CT molecular complexity index is 178. The van der Waals surface area contributed by atoms with Gasteiger partial charge in [-0.1, -0.05) is 6.92 Å². The second-order valence-electron chi connectivity index (χ2n) is 3.85. The quantitative estimate of drug-likeness (QED) is 0.710. The van der Waals surface area contributed by atoms with Crippen molar-refractivity contribution >= 4 is 0 Å². The topological polar surface area (TPSA) is 12.0 Å². The van der Waals surface area contributed by atoms with Crippen molar-refractivity contribution in [2.24, 2.45) is 11.8 Å². The van der Waals surface area contributed by atoms with Gasteiger partial charge in [0, 0.05) is 5.92 Å². The average molecular weight is 213 g/mol. The fourth-order valence-corrected chi connectivity index (χ4v) is 1.86. The summed E-state index contributed by atoms with van der Waals surface area (Å²) in [6, 6.07) is 0. The maximum absolute atomic E-state index is 13.0. The lowest BCUT2D eigenvalue weighted by molar-refractivity contribution is -0.175. The summed E-state index contributed by atoms with van der Waals surface area (Å²) in [5.74, 6) is -5.37. The van der Waals surface area contributed by atoms with Gasteiger partial charge in [0.2, 0.25) is 0 Å². The molecule has 14 heavy (non-hydrogen) atoms. The first-order chi connectivity index (χ1) is 6.46. The normalized spacial score (nSPS) is 22.7. The van der Waals surface area contributed by atoms with E-state index in [-0.39, 0.29) is 5.92 Å². The van der Waals surface area contributed by atoms with Gasteiger partial charge in [0.15, 0.2) is 0 Å². The van der Waals surface area contributed by atoms with E-state index in [0.29, 0.717) is 25.9 Å². The van der Waals surface area contributed by atoms with Gasteiger partial charge in [-0.15, -0.1) is 0 Å². The molecule has 1 N–H and O–H groups in total. The molecule has 1 aliphatic rings. The van der Waals surface area contributed by atoms with Crippen molar-refractivity contribution in [1.82, 2.24) is 5.32 Å². The molecule has 1 saturated heterocycles. The molecule has 84 valence electrons. The Morgan fingerprint density at radius 1 is 1.21 bits per heavy atom. The van der Waals surface area contributed by atoms with Gasteiger partial charge in [0.25, 0.3) is 0 Å². The molecule has 1 nitrogen and oxygen atoms in total. The van der Waals surface area contributed by atoms with Gasteiger partial charge in [0.1, 0.15) is 0 Å². The highest BCUT2D eigenvalue weighted by Gasteiger charge is 2.49. The third kappa shape index (κ3) is 2.38. The zero-order valence-corrected chi connectivity index (χ0v) is 8.07. The van der Waals surface area contributed by atoms with Crippen LogP contribution in [0.1, 0.15) is 19.8 Å². The van der Waals surface area contributed by atoms with Crippen molar-refractivity contribution in [2.45, 2.75) is 32.1 Å². The molecule has 1 aliphatic heterocycles. The first-order valence-corrected chi connectivity index (χ1v) is 4.83. The number of rotatable bonds is 3. The van der Waals surface area contributed by atoms with Crippen LogP contribution in [0.3, 0.4) is 0 Å². The monoisotopic (exact) mass is 213 g/mol. The van der Waals surface area contributed by atoms with Gasteiger partial charge in [-0.3, -0.25) is 0 Å². The SMILES string of the molecule is CC(C1CCNCC1)C(F)(F)C(F)F. The lowest BCUT2D eigenvalue weighted by atomic mass is 9.82. The molecule has 1 atom stereocenters. The van der Waals surface area contributed by atoms with Crippen molar-refractivity contribution in [1.29, 1.82) is 0 Å². The second kappa shape index (κ2) is 4.47. The van der Waals surface area contributed by atoms with E-state index in [0.717, 1.165) is 0 Å². The van der Waals surface area contributed by atoms with Crippen LogP contribution in [0.4, 0.5) is 17.6 Å². The fourth-order valence-electron chi connectivity index (χ4n) is 1.86. The molecule has 1 rings (SSSR count). The second-order valence-corrected chi connectivity index (χ2v) is 3.85. The third-order valence-corrected chi connectivity index (χ3v) is 2.99. The molecule has 0 saturated carbocycles. The molecule has 0 aromatic carbocycles. The highest BCUT2D eigenvalue weighted by atomic mass is 19.3. The van der Waals surface area contributed by atoms with E-state index in [1.54, 1.807) is 0 Å². The Balaban J connectivity index is 2.57. The van der Waals surface area contributed by atoms with E-state index in [4.69, 9.17) is 0 Å². The molecule has 0 amide bonds. The van der Waals surface area contributed by atoms with Crippen LogP contribution in [0.25, 0.3) is 0 Å². The van der Waals surface area contributed by atoms with Gasteiger partial charge in [-0.25, -0.2) is 8.78 Å². The molecule has 0 bridgehead atoms. The van der Waals surface area contributed by atoms with E-state index in [1.165, 1.54) is 6.92 Å². The molecule has 1 unspecified atom stereocenters. The van der Waals surface area contributed by atoms with Gasteiger partial charge in [-0.05, 0) is 31.8 Å². The number of piperidine rings is 1. The summed E-state index contributed by atoms with van der Waals surface area (Å²) < 4.78 is 50.0. The van der Waals surface area contributed by atoms with E-state index in [9.17, 15) is 17.6 Å². The van der Waals surface area contributed by atoms with Crippen molar-refractivity contribution in [3.05, 3.63) is 0 Å². The summed E-state index contributed by atoms with van der Waals surface area (Å²) in [6.07, 6.45) is -2.43. The van der Waals surface area contributed by atoms with Crippen LogP contribution in [0.2, 0.25) is 0 Å². The average Bonchev–Trinajstić information content (AvgIpc) is 2.17. The molecule has 0 aliphatic carbocycles. The predicted octanol–water partition coefficient (Wildman–Crippen LogP) is 2.52. The van der Waals surface area contributed by atoms with Crippen LogP contribution < -0.4 is 5.32 Å². The van der Waals surface area contributed by atoms with Gasteiger partial charge in [-0.2, -0.15) is 8.78 Å². The van der Waals surface area contributed by atoms with Crippen molar-refractivity contribution < 1.29 is 17.6 Å². The minimum absolute atomic E-state index is 0.291. The smallest absolute Gasteiger partial charge is 0.310 e. The molecule has 0 spiro atoms. The zero-order valence-electron chi connectivity index (χ0n) is 8.07. The molecule has 5 heteroatoms. The first kappa shape index (κ1) is 11.8. The number of alkyl halides is 4. The molecule has 1 heterocycles. The number of hydrogen-bond acceptors (Lipinski definition) is 1. The molecular weight excluding hydrogens is 198 g/mol. The Hall–Kier alpha value is -0.320. The summed E-state index contributed by atoms with van der Waals surface area (Å²) in [5, 5.41) is 3.02. The van der Waals surface area contributed by atoms with E-state index in [1.807, 2.05) is 0 Å². The van der Waals surface area contributed by atoms with Crippen LogP contribution in [-0.4, -0.2) is 25.4 Å². The van der Waals surface area contributed by atoms with Crippen molar-refractivity contribution in [2.75, 3.05) is 13.1 Å². The summed E-state index contributed by atoms with van der Waals surface area (Å²) in [5.41, 5.74) is 0. The van der Waals surface area contributed by atoms with Gasteiger partial charge < -0.3 is 5.32 Å². The molecule has 0 radical (unpaired) electrons. The van der Waals surface area contributed by atoms with Crippen LogP contribution in [0, 0.1) is 11.8 Å². The third-order valence-electron chi connectivity index (χ3n) is 2.99. The number of hydrogen-bond donors (Lipinski definition) is 1. The van der Waals surface area contributed by atoms with E-state index in [2.05, 4.69) is 5.32 Å². The summed E-state index contributed by atoms with van der Waals surface area (Å²) in [4.78, 5) is 0. The van der Waals surface area contributed by atoms with E-state index < -0.39 is 18.3 Å². The Morgan fingerprint density at radius 3 is 2.14 bits per heavy atom.